The van der Waals surface area contributed by atoms with Gasteiger partial charge in [0.1, 0.15) is 0 Å². The van der Waals surface area contributed by atoms with Crippen LogP contribution in [0.5, 0.6) is 0 Å². The van der Waals surface area contributed by atoms with Gasteiger partial charge in [-0.1, -0.05) is 0 Å². The number of hydrogen-bond acceptors (Lipinski definition) is 2. The minimum atomic E-state index is -5.94. The molecule has 2 nitrogen and oxygen atoms in total. The van der Waals surface area contributed by atoms with Crippen molar-refractivity contribution in [2.45, 2.75) is 24.6 Å². The van der Waals surface area contributed by atoms with Crippen LogP contribution in [-0.4, -0.2) is 41.5 Å². The summed E-state index contributed by atoms with van der Waals surface area (Å²) in [6.07, 6.45) is -14.5. The van der Waals surface area contributed by atoms with Crippen LogP contribution in [0.2, 0.25) is 0 Å². The topological polar surface area (TPSA) is 40.5 Å². The lowest BCUT2D eigenvalue weighted by atomic mass is 10.3. The summed E-state index contributed by atoms with van der Waals surface area (Å²) in [5.74, 6) is -5.40. The van der Waals surface area contributed by atoms with Gasteiger partial charge in [-0.05, 0) is 0 Å². The van der Waals surface area contributed by atoms with Crippen LogP contribution in [0.3, 0.4) is 0 Å². The standard InChI is InChI=1S/C3H2F6O.C2H3F3O/c4-1(5)2(6,10)3(7,8)9;3-1-2(4,5)6/h1,10H;6H,1H2. The van der Waals surface area contributed by atoms with Gasteiger partial charge in [0.15, 0.2) is 6.67 Å². The second-order valence-electron chi connectivity index (χ2n) is 2.27. The van der Waals surface area contributed by atoms with E-state index < -0.39 is 31.2 Å². The predicted octanol–water partition coefficient (Wildman–Crippen LogP) is 2.01. The smallest absolute Gasteiger partial charge is 0.350 e. The molecule has 2 N–H and O–H groups in total. The molecule has 0 aliphatic carbocycles. The number of alkyl halides is 9. The molecular formula is C5H5F9O2. The van der Waals surface area contributed by atoms with Gasteiger partial charge in [-0.25, -0.2) is 13.2 Å². The van der Waals surface area contributed by atoms with Gasteiger partial charge in [0.25, 0.3) is 0 Å². The molecule has 0 saturated heterocycles. The van der Waals surface area contributed by atoms with Gasteiger partial charge in [0, 0.05) is 0 Å². The molecule has 11 heteroatoms. The van der Waals surface area contributed by atoms with E-state index >= 15 is 0 Å². The Balaban J connectivity index is 0. The van der Waals surface area contributed by atoms with Gasteiger partial charge in [-0.3, -0.25) is 0 Å². The Morgan fingerprint density at radius 3 is 1.12 bits per heavy atom. The molecule has 0 heterocycles. The molecule has 1 atom stereocenters. The van der Waals surface area contributed by atoms with Crippen LogP contribution in [0.1, 0.15) is 0 Å². The van der Waals surface area contributed by atoms with Crippen LogP contribution in [0.25, 0.3) is 0 Å². The maximum Gasteiger partial charge on any atom is 0.454 e. The number of halogens is 9. The van der Waals surface area contributed by atoms with E-state index in [4.69, 9.17) is 10.2 Å². The maximum absolute atomic E-state index is 11.4. The first kappa shape index (κ1) is 17.7. The Morgan fingerprint density at radius 1 is 0.875 bits per heavy atom. The molecule has 0 fully saturated rings. The SMILES string of the molecule is OC(F)(C(F)F)C(F)(F)F.OC(F)(F)CF. The van der Waals surface area contributed by atoms with Crippen LogP contribution >= 0.6 is 0 Å². The first-order valence-corrected chi connectivity index (χ1v) is 3.18. The van der Waals surface area contributed by atoms with Crippen LogP contribution < -0.4 is 0 Å². The molecule has 0 aromatic carbocycles. The number of rotatable bonds is 2. The molecule has 0 radical (unpaired) electrons. The van der Waals surface area contributed by atoms with E-state index in [9.17, 15) is 39.5 Å². The zero-order chi connectivity index (χ0) is 13.8. The summed E-state index contributed by atoms with van der Waals surface area (Å²) in [6.45, 7) is -2.01. The zero-order valence-electron chi connectivity index (χ0n) is 7.08. The molecule has 0 spiro atoms. The third kappa shape index (κ3) is 6.71. The van der Waals surface area contributed by atoms with Gasteiger partial charge in [0.2, 0.25) is 0 Å². The van der Waals surface area contributed by atoms with Crippen molar-refractivity contribution < 1.29 is 49.7 Å². The highest BCUT2D eigenvalue weighted by Gasteiger charge is 2.62. The molecule has 0 aromatic rings. The second kappa shape index (κ2) is 5.57. The van der Waals surface area contributed by atoms with Crippen molar-refractivity contribution in [1.29, 1.82) is 0 Å². The highest BCUT2D eigenvalue weighted by Crippen LogP contribution is 2.36. The monoisotopic (exact) mass is 268 g/mol. The average Bonchev–Trinajstić information content (AvgIpc) is 2.01. The van der Waals surface area contributed by atoms with E-state index in [1.54, 1.807) is 0 Å². The van der Waals surface area contributed by atoms with Crippen molar-refractivity contribution in [1.82, 2.24) is 0 Å². The van der Waals surface area contributed by atoms with Crippen molar-refractivity contribution in [3.8, 4) is 0 Å². The second-order valence-corrected chi connectivity index (χ2v) is 2.27. The summed E-state index contributed by atoms with van der Waals surface area (Å²) < 4.78 is 98.0. The molecule has 16 heavy (non-hydrogen) atoms. The van der Waals surface area contributed by atoms with Crippen LogP contribution in [0.15, 0.2) is 0 Å². The molecule has 100 valence electrons. The average molecular weight is 268 g/mol. The number of aliphatic hydroxyl groups is 2. The maximum atomic E-state index is 11.4. The van der Waals surface area contributed by atoms with Crippen molar-refractivity contribution in [2.24, 2.45) is 0 Å². The van der Waals surface area contributed by atoms with Crippen molar-refractivity contribution in [2.75, 3.05) is 6.67 Å². The zero-order valence-corrected chi connectivity index (χ0v) is 7.08. The quantitative estimate of drug-likeness (QED) is 0.752. The number of hydrogen-bond donors (Lipinski definition) is 2. The summed E-state index contributed by atoms with van der Waals surface area (Å²) in [6, 6.07) is 0. The van der Waals surface area contributed by atoms with E-state index in [-0.39, 0.29) is 0 Å². The lowest BCUT2D eigenvalue weighted by Gasteiger charge is -2.20. The minimum absolute atomic E-state index is 2.01. The van der Waals surface area contributed by atoms with Gasteiger partial charge in [0.05, 0.1) is 0 Å². The lowest BCUT2D eigenvalue weighted by molar-refractivity contribution is -0.352. The summed E-state index contributed by atoms with van der Waals surface area (Å²) in [5.41, 5.74) is 0. The van der Waals surface area contributed by atoms with Crippen molar-refractivity contribution >= 4 is 0 Å². The van der Waals surface area contributed by atoms with Crippen LogP contribution in [0, 0.1) is 0 Å². The Labute approximate surface area is 82.3 Å². The fourth-order valence-electron chi connectivity index (χ4n) is 0.124. The predicted molar refractivity (Wildman–Crippen MR) is 31.3 cm³/mol. The normalized spacial score (nSPS) is 16.5. The Morgan fingerprint density at radius 2 is 1.12 bits per heavy atom. The summed E-state index contributed by atoms with van der Waals surface area (Å²) in [7, 11) is 0. The van der Waals surface area contributed by atoms with E-state index in [2.05, 4.69) is 0 Å². The molecule has 0 aliphatic heterocycles. The van der Waals surface area contributed by atoms with Crippen LogP contribution in [-0.2, 0) is 0 Å². The Hall–Kier alpha value is -0.710. The van der Waals surface area contributed by atoms with E-state index in [1.165, 1.54) is 0 Å². The van der Waals surface area contributed by atoms with Gasteiger partial charge >= 0.3 is 24.6 Å². The van der Waals surface area contributed by atoms with E-state index in [0.717, 1.165) is 0 Å². The minimum Gasteiger partial charge on any atom is -0.350 e. The van der Waals surface area contributed by atoms with Crippen molar-refractivity contribution in [3.05, 3.63) is 0 Å². The Bertz CT molecular complexity index is 193. The summed E-state index contributed by atoms with van der Waals surface area (Å²) in [5, 5.41) is 14.5. The summed E-state index contributed by atoms with van der Waals surface area (Å²) >= 11 is 0. The lowest BCUT2D eigenvalue weighted by Crippen LogP contribution is -2.47. The third-order valence-corrected chi connectivity index (χ3v) is 0.848. The van der Waals surface area contributed by atoms with E-state index in [0.29, 0.717) is 0 Å². The largest absolute Gasteiger partial charge is 0.454 e. The van der Waals surface area contributed by atoms with E-state index in [1.807, 2.05) is 0 Å². The molecule has 0 aliphatic rings. The highest BCUT2D eigenvalue weighted by atomic mass is 19.4. The van der Waals surface area contributed by atoms with Crippen molar-refractivity contribution in [3.63, 3.8) is 0 Å². The molecular weight excluding hydrogens is 263 g/mol. The highest BCUT2D eigenvalue weighted by molar-refractivity contribution is 4.76. The van der Waals surface area contributed by atoms with Crippen LogP contribution in [0.4, 0.5) is 39.5 Å². The fraction of sp³-hybridized carbons (Fsp3) is 1.00. The molecule has 1 unspecified atom stereocenters. The molecule has 0 bridgehead atoms. The summed E-state index contributed by atoms with van der Waals surface area (Å²) in [4.78, 5) is 0. The molecule has 0 rings (SSSR count). The third-order valence-electron chi connectivity index (χ3n) is 0.848. The first-order valence-electron chi connectivity index (χ1n) is 3.18. The van der Waals surface area contributed by atoms with Gasteiger partial charge < -0.3 is 10.2 Å². The molecule has 0 amide bonds. The van der Waals surface area contributed by atoms with Gasteiger partial charge in [-0.15, -0.1) is 0 Å². The Kier molecular flexibility index (Phi) is 6.15. The molecule has 0 aromatic heterocycles. The molecule has 0 saturated carbocycles. The van der Waals surface area contributed by atoms with Gasteiger partial charge in [-0.2, -0.15) is 26.3 Å². The fourth-order valence-corrected chi connectivity index (χ4v) is 0.124. The first-order chi connectivity index (χ1) is 6.75.